The quantitative estimate of drug-likeness (QED) is 0.0625. The first-order valence-corrected chi connectivity index (χ1v) is 33.2. The summed E-state index contributed by atoms with van der Waals surface area (Å²) in [5.41, 5.74) is 7.64. The van der Waals surface area contributed by atoms with Gasteiger partial charge in [-0.25, -0.2) is 0 Å². The average molecular weight is 946 g/mol. The van der Waals surface area contributed by atoms with Crippen molar-refractivity contribution in [2.75, 3.05) is 4.44 Å². The predicted molar refractivity (Wildman–Crippen MR) is 301 cm³/mol. The summed E-state index contributed by atoms with van der Waals surface area (Å²) in [5.74, 6) is 2.81. The van der Waals surface area contributed by atoms with E-state index in [1.807, 2.05) is 0 Å². The van der Waals surface area contributed by atoms with E-state index in [4.69, 9.17) is 0 Å². The number of benzene rings is 5. The maximum atomic E-state index is 3.02. The molecule has 0 saturated heterocycles. The molecule has 0 amide bonds. The molecule has 4 saturated carbocycles. The number of rotatable bonds is 18. The van der Waals surface area contributed by atoms with Crippen molar-refractivity contribution < 1.29 is 0 Å². The van der Waals surface area contributed by atoms with Crippen LogP contribution in [0.4, 0.5) is 5.69 Å². The first kappa shape index (κ1) is 49.0. The van der Waals surface area contributed by atoms with Gasteiger partial charge in [-0.1, -0.05) is 250 Å². The van der Waals surface area contributed by atoms with Gasteiger partial charge in [0.15, 0.2) is 0 Å². The molecule has 0 unspecified atom stereocenters. The highest BCUT2D eigenvalue weighted by Gasteiger charge is 2.36. The average Bonchev–Trinajstić information content (AvgIpc) is 3.40. The SMILES string of the molecule is CCC[Si](CCC)(CCC)c1ccc(N(P(c2ccc(C3CCCCC3)cc2)c2ccc(C3CCCCC3)cc2)P(c2ccc(C3CCCCC3)cc2)c2ccc(C3CCCCC3)cc2)cc1. The highest BCUT2D eigenvalue weighted by molar-refractivity contribution is 7.90. The van der Waals surface area contributed by atoms with Crippen molar-refractivity contribution in [2.24, 2.45) is 0 Å². The van der Waals surface area contributed by atoms with E-state index in [1.165, 1.54) is 193 Å². The Balaban J connectivity index is 1.23. The molecule has 0 spiro atoms. The standard InChI is InChI=1S/C63H85NP2Si/c1-4-47-67(48-5-2,49-6-3)63-45-35-58(36-46-63)64(65(59-37-27-54(28-38-59)50-19-11-7-12-20-50)60-39-29-55(30-40-60)51-21-13-8-14-22-51)66(61-41-31-56(32-42-61)52-23-15-9-16-24-52)62-43-33-57(34-44-62)53-25-17-10-18-26-53/h27-46,50-53H,4-26,47-49H2,1-3H3. The Hall–Kier alpha value is -3.02. The Morgan fingerprint density at radius 2 is 0.597 bits per heavy atom. The van der Waals surface area contributed by atoms with E-state index < -0.39 is 24.2 Å². The highest BCUT2D eigenvalue weighted by atomic mass is 31.2. The zero-order chi connectivity index (χ0) is 45.8. The fraction of sp³-hybridized carbons (Fsp3) is 0.524. The fourth-order valence-corrected chi connectivity index (χ4v) is 24.8. The lowest BCUT2D eigenvalue weighted by molar-refractivity contribution is 0.443. The Labute approximate surface area is 412 Å². The molecule has 0 aromatic heterocycles. The molecule has 4 aliphatic rings. The molecule has 1 nitrogen and oxygen atoms in total. The number of anilines is 1. The lowest BCUT2D eigenvalue weighted by atomic mass is 9.84. The van der Waals surface area contributed by atoms with E-state index >= 15 is 0 Å². The summed E-state index contributed by atoms with van der Waals surface area (Å²) in [5, 5.41) is 7.64. The number of hydrogen-bond donors (Lipinski definition) is 0. The predicted octanol–water partition coefficient (Wildman–Crippen LogP) is 17.7. The van der Waals surface area contributed by atoms with Crippen LogP contribution in [0.5, 0.6) is 0 Å². The fourth-order valence-electron chi connectivity index (χ4n) is 13.5. The summed E-state index contributed by atoms with van der Waals surface area (Å²) in [7, 11) is -3.56. The van der Waals surface area contributed by atoms with Crippen molar-refractivity contribution in [2.45, 2.75) is 210 Å². The van der Waals surface area contributed by atoms with Gasteiger partial charge >= 0.3 is 0 Å². The van der Waals surface area contributed by atoms with Gasteiger partial charge in [0.25, 0.3) is 0 Å². The molecular weight excluding hydrogens is 861 g/mol. The molecule has 0 bridgehead atoms. The van der Waals surface area contributed by atoms with Crippen LogP contribution in [-0.4, -0.2) is 8.07 Å². The summed E-state index contributed by atoms with van der Waals surface area (Å²) < 4.78 is 3.02. The summed E-state index contributed by atoms with van der Waals surface area (Å²) in [4.78, 5) is 0. The minimum absolute atomic E-state index is 0.703. The second-order valence-corrected chi connectivity index (χ2v) is 30.8. The maximum absolute atomic E-state index is 3.02. The zero-order valence-corrected chi connectivity index (χ0v) is 44.9. The third-order valence-electron chi connectivity index (χ3n) is 17.1. The maximum Gasteiger partial charge on any atom is 0.0866 e. The van der Waals surface area contributed by atoms with Crippen LogP contribution in [-0.2, 0) is 0 Å². The molecule has 356 valence electrons. The monoisotopic (exact) mass is 946 g/mol. The normalized spacial score (nSPS) is 18.5. The molecule has 4 heteroatoms. The van der Waals surface area contributed by atoms with Crippen LogP contribution in [0.15, 0.2) is 121 Å². The van der Waals surface area contributed by atoms with Crippen molar-refractivity contribution in [1.29, 1.82) is 0 Å². The Bertz CT molecular complexity index is 1940. The molecule has 67 heavy (non-hydrogen) atoms. The molecule has 9 rings (SSSR count). The molecule has 5 aromatic carbocycles. The number of hydrogen-bond acceptors (Lipinski definition) is 1. The molecule has 0 radical (unpaired) electrons. The molecular formula is C63H85NP2Si. The van der Waals surface area contributed by atoms with E-state index in [0.29, 0.717) is 23.7 Å². The second-order valence-electron chi connectivity index (χ2n) is 21.7. The van der Waals surface area contributed by atoms with Gasteiger partial charge in [-0.15, -0.1) is 0 Å². The van der Waals surface area contributed by atoms with Gasteiger partial charge in [0, 0.05) is 26.9 Å². The van der Waals surface area contributed by atoms with Gasteiger partial charge in [-0.05, 0) is 109 Å². The van der Waals surface area contributed by atoms with Crippen LogP contribution in [0.1, 0.15) is 214 Å². The lowest BCUT2D eigenvalue weighted by Crippen LogP contribution is -2.47. The topological polar surface area (TPSA) is 3.24 Å². The first-order chi connectivity index (χ1) is 33.1. The van der Waals surface area contributed by atoms with E-state index in [1.54, 1.807) is 27.4 Å². The summed E-state index contributed by atoms with van der Waals surface area (Å²) in [6.45, 7) is 7.30. The van der Waals surface area contributed by atoms with Crippen molar-refractivity contribution in [3.63, 3.8) is 0 Å². The highest BCUT2D eigenvalue weighted by Crippen LogP contribution is 2.57. The van der Waals surface area contributed by atoms with Crippen LogP contribution < -0.4 is 30.8 Å². The minimum atomic E-state index is -1.64. The van der Waals surface area contributed by atoms with Crippen LogP contribution in [0.3, 0.4) is 0 Å². The van der Waals surface area contributed by atoms with Gasteiger partial charge < -0.3 is 4.44 Å². The van der Waals surface area contributed by atoms with Crippen LogP contribution in [0.25, 0.3) is 0 Å². The Morgan fingerprint density at radius 3 is 0.836 bits per heavy atom. The van der Waals surface area contributed by atoms with Crippen LogP contribution >= 0.6 is 16.1 Å². The van der Waals surface area contributed by atoms with Gasteiger partial charge in [0.2, 0.25) is 0 Å². The van der Waals surface area contributed by atoms with Crippen molar-refractivity contribution in [1.82, 2.24) is 0 Å². The molecule has 0 atom stereocenters. The van der Waals surface area contributed by atoms with E-state index in [-0.39, 0.29) is 0 Å². The molecule has 4 aliphatic carbocycles. The second kappa shape index (κ2) is 24.2. The summed E-state index contributed by atoms with van der Waals surface area (Å²) in [6, 6.07) is 55.8. The largest absolute Gasteiger partial charge is 0.313 e. The van der Waals surface area contributed by atoms with Gasteiger partial charge in [-0.3, -0.25) is 0 Å². The number of nitrogens with zero attached hydrogens (tertiary/aromatic N) is 1. The third-order valence-corrected chi connectivity index (χ3v) is 28.5. The smallest absolute Gasteiger partial charge is 0.0866 e. The van der Waals surface area contributed by atoms with Gasteiger partial charge in [-0.2, -0.15) is 0 Å². The van der Waals surface area contributed by atoms with Crippen molar-refractivity contribution in [3.05, 3.63) is 144 Å². The Kier molecular flexibility index (Phi) is 17.7. The van der Waals surface area contributed by atoms with Crippen molar-refractivity contribution in [3.8, 4) is 0 Å². The van der Waals surface area contributed by atoms with Crippen LogP contribution in [0.2, 0.25) is 18.1 Å². The van der Waals surface area contributed by atoms with Crippen LogP contribution in [0, 0.1) is 0 Å². The molecule has 0 heterocycles. The van der Waals surface area contributed by atoms with E-state index in [2.05, 4.69) is 147 Å². The molecule has 5 aromatic rings. The first-order valence-electron chi connectivity index (χ1n) is 28.0. The zero-order valence-electron chi connectivity index (χ0n) is 42.1. The van der Waals surface area contributed by atoms with Gasteiger partial charge in [0.05, 0.1) is 24.2 Å². The van der Waals surface area contributed by atoms with Crippen molar-refractivity contribution >= 4 is 56.3 Å². The summed E-state index contributed by atoms with van der Waals surface area (Å²) in [6.07, 6.45) is 31.2. The van der Waals surface area contributed by atoms with E-state index in [0.717, 1.165) is 0 Å². The molecule has 4 fully saturated rings. The molecule has 0 N–H and O–H groups in total. The summed E-state index contributed by atoms with van der Waals surface area (Å²) >= 11 is 0. The minimum Gasteiger partial charge on any atom is -0.313 e. The lowest BCUT2D eigenvalue weighted by Gasteiger charge is -2.41. The Morgan fingerprint density at radius 1 is 0.343 bits per heavy atom. The third kappa shape index (κ3) is 11.8. The van der Waals surface area contributed by atoms with E-state index in [9.17, 15) is 0 Å². The van der Waals surface area contributed by atoms with Gasteiger partial charge in [0.1, 0.15) is 0 Å². The molecule has 0 aliphatic heterocycles.